The number of hydrogen-bond acceptors (Lipinski definition) is 12. The van der Waals surface area contributed by atoms with E-state index >= 15 is 0 Å². The Morgan fingerprint density at radius 2 is 0.973 bits per heavy atom. The summed E-state index contributed by atoms with van der Waals surface area (Å²) in [6.07, 6.45) is 0. The van der Waals surface area contributed by atoms with Gasteiger partial charge in [-0.3, -0.25) is 38.3 Å². The van der Waals surface area contributed by atoms with Crippen LogP contribution >= 0.6 is 77.2 Å². The minimum absolute atomic E-state index is 0.0761. The van der Waals surface area contributed by atoms with Crippen LogP contribution in [0, 0.1) is 25.6 Å². The summed E-state index contributed by atoms with van der Waals surface area (Å²) < 4.78 is 36.1. The van der Waals surface area contributed by atoms with E-state index in [1.54, 1.807) is 0 Å². The van der Waals surface area contributed by atoms with Crippen molar-refractivity contribution in [1.82, 2.24) is 0 Å². The zero-order valence-corrected chi connectivity index (χ0v) is 27.6. The number of hydrogen-bond donors (Lipinski definition) is 0. The van der Waals surface area contributed by atoms with Gasteiger partial charge in [0.1, 0.15) is 0 Å². The lowest BCUT2D eigenvalue weighted by Crippen LogP contribution is -2.46. The third kappa shape index (κ3) is 6.80. The summed E-state index contributed by atoms with van der Waals surface area (Å²) in [5, 5.41) is 22.1. The maximum absolute atomic E-state index is 11.1. The maximum Gasteiger partial charge on any atom is 0.380 e. The highest BCUT2D eigenvalue weighted by Crippen LogP contribution is 2.62. The number of non-ortho nitro benzene ring substituents is 2. The van der Waals surface area contributed by atoms with Crippen LogP contribution in [-0.4, -0.2) is 36.3 Å². The monoisotopic (exact) mass is 846 g/mol. The molecule has 2 aromatic carbocycles. The molecule has 2 saturated heterocycles. The standard InChI is InChI=1S/C17H12Br4N2O10P2S2/c18-11-1-9(22(24)25)2-12(19)15(11)32-34(36)28-5-17(6-29-34)7-30-35(37,31-8-17)33-16-13(20)3-10(23(26)27)4-14(16)21/h1-4H,5-8H2. The van der Waals surface area contributed by atoms with Crippen LogP contribution in [0.3, 0.4) is 0 Å². The van der Waals surface area contributed by atoms with Crippen molar-refractivity contribution in [2.45, 2.75) is 0 Å². The molecule has 1 spiro atoms. The number of rotatable bonds is 6. The molecule has 37 heavy (non-hydrogen) atoms. The molecule has 0 aromatic heterocycles. The van der Waals surface area contributed by atoms with Gasteiger partial charge in [0.15, 0.2) is 11.5 Å². The van der Waals surface area contributed by atoms with E-state index in [2.05, 4.69) is 63.7 Å². The summed E-state index contributed by atoms with van der Waals surface area (Å²) in [5.74, 6) is 0.424. The van der Waals surface area contributed by atoms with Gasteiger partial charge in [0.2, 0.25) is 0 Å². The van der Waals surface area contributed by atoms with E-state index in [1.807, 2.05) is 0 Å². The van der Waals surface area contributed by atoms with Gasteiger partial charge >= 0.3 is 13.4 Å². The van der Waals surface area contributed by atoms with E-state index in [1.165, 1.54) is 24.3 Å². The zero-order valence-electron chi connectivity index (χ0n) is 17.8. The minimum Gasteiger partial charge on any atom is -0.422 e. The molecule has 0 saturated carbocycles. The first-order valence-electron chi connectivity index (χ1n) is 9.68. The lowest BCUT2D eigenvalue weighted by molar-refractivity contribution is -0.385. The third-order valence-corrected chi connectivity index (χ3v) is 11.6. The van der Waals surface area contributed by atoms with E-state index in [9.17, 15) is 20.2 Å². The average Bonchev–Trinajstić information content (AvgIpc) is 2.83. The van der Waals surface area contributed by atoms with Gasteiger partial charge in [0.05, 0.1) is 59.6 Å². The fourth-order valence-corrected chi connectivity index (χ4v) is 10.2. The minimum atomic E-state index is -3.26. The van der Waals surface area contributed by atoms with Gasteiger partial charge in [0.25, 0.3) is 11.4 Å². The molecule has 12 nitrogen and oxygen atoms in total. The van der Waals surface area contributed by atoms with Crippen molar-refractivity contribution in [3.8, 4) is 11.5 Å². The third-order valence-electron chi connectivity index (χ3n) is 4.91. The lowest BCUT2D eigenvalue weighted by atomic mass is 9.93. The molecule has 0 amide bonds. The molecule has 0 aliphatic carbocycles. The Kier molecular flexibility index (Phi) is 9.21. The number of nitrogens with zero attached hydrogens (tertiary/aromatic N) is 2. The van der Waals surface area contributed by atoms with Crippen LogP contribution < -0.4 is 9.05 Å². The van der Waals surface area contributed by atoms with Crippen molar-refractivity contribution in [3.05, 3.63) is 62.4 Å². The van der Waals surface area contributed by atoms with Gasteiger partial charge in [-0.15, -0.1) is 0 Å². The van der Waals surface area contributed by atoms with E-state index in [0.29, 0.717) is 17.9 Å². The quantitative estimate of drug-likeness (QED) is 0.161. The van der Waals surface area contributed by atoms with Crippen molar-refractivity contribution in [2.75, 3.05) is 26.4 Å². The second kappa shape index (κ2) is 11.4. The van der Waals surface area contributed by atoms with Crippen LogP contribution in [0.25, 0.3) is 0 Å². The SMILES string of the molecule is O=[N+]([O-])c1cc(Br)c(OP2(=S)OCC3(CO2)COP(=S)(Oc2c(Br)cc([N+](=O)[O-])cc2Br)OC3)c(Br)c1. The molecule has 2 aliphatic heterocycles. The van der Waals surface area contributed by atoms with Crippen LogP contribution in [0.1, 0.15) is 0 Å². The first-order valence-corrected chi connectivity index (χ1v) is 18.0. The Morgan fingerprint density at radius 3 is 1.22 bits per heavy atom. The summed E-state index contributed by atoms with van der Waals surface area (Å²) in [5.41, 5.74) is -1.02. The number of benzene rings is 2. The Hall–Kier alpha value is -0.100. The molecule has 0 N–H and O–H groups in total. The summed E-state index contributed by atoms with van der Waals surface area (Å²) in [7, 11) is 0. The van der Waals surface area contributed by atoms with Crippen LogP contribution in [-0.2, 0) is 41.7 Å². The summed E-state index contributed by atoms with van der Waals surface area (Å²) in [6, 6.07) is 5.13. The second-order valence-electron chi connectivity index (χ2n) is 7.66. The fraction of sp³-hybridized carbons (Fsp3) is 0.294. The Labute approximate surface area is 253 Å². The molecule has 2 aromatic rings. The van der Waals surface area contributed by atoms with Crippen molar-refractivity contribution in [3.63, 3.8) is 0 Å². The molecule has 4 rings (SSSR count). The molecule has 0 bridgehead atoms. The Balaban J connectivity index is 1.40. The van der Waals surface area contributed by atoms with Crippen molar-refractivity contribution < 1.29 is 37.0 Å². The smallest absolute Gasteiger partial charge is 0.380 e. The molecule has 0 radical (unpaired) electrons. The highest BCUT2D eigenvalue weighted by atomic mass is 79.9. The van der Waals surface area contributed by atoms with E-state index in [0.717, 1.165) is 0 Å². The summed E-state index contributed by atoms with van der Waals surface area (Å²) in [6.45, 7) is -6.21. The second-order valence-corrected chi connectivity index (χ2v) is 16.9. The van der Waals surface area contributed by atoms with Crippen LogP contribution in [0.2, 0.25) is 0 Å². The van der Waals surface area contributed by atoms with Gasteiger partial charge in [-0.1, -0.05) is 0 Å². The Morgan fingerprint density at radius 1 is 0.703 bits per heavy atom. The molecule has 2 fully saturated rings. The van der Waals surface area contributed by atoms with Gasteiger partial charge < -0.3 is 9.05 Å². The zero-order chi connectivity index (χ0) is 27.2. The molecular weight excluding hydrogens is 838 g/mol. The highest BCUT2D eigenvalue weighted by Gasteiger charge is 2.48. The molecule has 0 atom stereocenters. The van der Waals surface area contributed by atoms with E-state index in [4.69, 9.17) is 50.8 Å². The van der Waals surface area contributed by atoms with Gasteiger partial charge in [-0.25, -0.2) is 0 Å². The molecular formula is C17H12Br4N2O10P2S2. The molecule has 200 valence electrons. The van der Waals surface area contributed by atoms with Crippen LogP contribution in [0.15, 0.2) is 42.2 Å². The first kappa shape index (κ1) is 29.9. The van der Waals surface area contributed by atoms with Gasteiger partial charge in [-0.05, 0) is 63.7 Å². The molecule has 2 heterocycles. The molecule has 20 heteroatoms. The summed E-state index contributed by atoms with van der Waals surface area (Å²) in [4.78, 5) is 21.0. The predicted octanol–water partition coefficient (Wildman–Crippen LogP) is 7.54. The normalized spacial score (nSPS) is 27.6. The number of nitro groups is 2. The van der Waals surface area contributed by atoms with Crippen molar-refractivity contribution in [1.29, 1.82) is 0 Å². The van der Waals surface area contributed by atoms with Crippen molar-refractivity contribution >= 4 is 112 Å². The molecule has 0 unspecified atom stereocenters. The highest BCUT2D eigenvalue weighted by molar-refractivity contribution is 9.11. The molecule has 2 aliphatic rings. The first-order chi connectivity index (χ1) is 17.2. The topological polar surface area (TPSA) is 142 Å². The average molecular weight is 850 g/mol. The number of nitro benzene ring substituents is 2. The fourth-order valence-electron chi connectivity index (χ4n) is 3.00. The van der Waals surface area contributed by atoms with E-state index in [-0.39, 0.29) is 49.3 Å². The van der Waals surface area contributed by atoms with Crippen LogP contribution in [0.5, 0.6) is 11.5 Å². The largest absolute Gasteiger partial charge is 0.422 e. The Bertz CT molecular complexity index is 1220. The number of halogens is 4. The van der Waals surface area contributed by atoms with Crippen molar-refractivity contribution in [2.24, 2.45) is 5.41 Å². The lowest BCUT2D eigenvalue weighted by Gasteiger charge is -2.44. The predicted molar refractivity (Wildman–Crippen MR) is 153 cm³/mol. The van der Waals surface area contributed by atoms with Gasteiger partial charge in [0, 0.05) is 47.9 Å². The maximum atomic E-state index is 11.1. The van der Waals surface area contributed by atoms with Gasteiger partial charge in [-0.2, -0.15) is 0 Å². The van der Waals surface area contributed by atoms with Crippen LogP contribution in [0.4, 0.5) is 11.4 Å². The van der Waals surface area contributed by atoms with E-state index < -0.39 is 28.7 Å². The summed E-state index contributed by atoms with van der Waals surface area (Å²) >= 11 is 23.9.